The van der Waals surface area contributed by atoms with E-state index in [0.29, 0.717) is 5.69 Å². The molecular weight excluding hydrogens is 186 g/mol. The van der Waals surface area contributed by atoms with Crippen LogP contribution in [0.1, 0.15) is 12.8 Å². The fraction of sp³-hybridized carbons (Fsp3) is 0.300. The van der Waals surface area contributed by atoms with Crippen molar-refractivity contribution in [1.82, 2.24) is 0 Å². The molecule has 1 aromatic rings. The number of nitrogens with zero attached hydrogens (tertiary/aromatic N) is 1. The van der Waals surface area contributed by atoms with Crippen LogP contribution >= 0.6 is 0 Å². The maximum atomic E-state index is 12.8. The standard InChI is InChI=1S/C10H10F2N2/c11-8-4-3-7(6-9(8)12)14-10-2-1-5-13-10/h3-4,6H,1-2,5H2,(H,13,14). The van der Waals surface area contributed by atoms with E-state index in [0.717, 1.165) is 37.4 Å². The van der Waals surface area contributed by atoms with E-state index in [9.17, 15) is 8.78 Å². The molecule has 4 heteroatoms. The molecule has 0 atom stereocenters. The summed E-state index contributed by atoms with van der Waals surface area (Å²) in [5.41, 5.74) is 0.546. The maximum Gasteiger partial charge on any atom is 0.160 e. The van der Waals surface area contributed by atoms with E-state index >= 15 is 0 Å². The topological polar surface area (TPSA) is 24.4 Å². The van der Waals surface area contributed by atoms with Gasteiger partial charge in [-0.3, -0.25) is 4.99 Å². The van der Waals surface area contributed by atoms with E-state index in [2.05, 4.69) is 10.3 Å². The van der Waals surface area contributed by atoms with Crippen LogP contribution in [0.2, 0.25) is 0 Å². The molecule has 1 aliphatic rings. The van der Waals surface area contributed by atoms with Crippen molar-refractivity contribution >= 4 is 11.5 Å². The Bertz CT molecular complexity index is 374. The molecule has 1 aliphatic heterocycles. The molecule has 1 heterocycles. The van der Waals surface area contributed by atoms with Gasteiger partial charge in [0, 0.05) is 24.7 Å². The Labute approximate surface area is 80.7 Å². The van der Waals surface area contributed by atoms with Gasteiger partial charge in [-0.25, -0.2) is 8.78 Å². The Morgan fingerprint density at radius 2 is 2.07 bits per heavy atom. The fourth-order valence-electron chi connectivity index (χ4n) is 1.38. The van der Waals surface area contributed by atoms with Crippen LogP contribution in [0.3, 0.4) is 0 Å². The second-order valence-corrected chi connectivity index (χ2v) is 3.19. The van der Waals surface area contributed by atoms with E-state index < -0.39 is 11.6 Å². The van der Waals surface area contributed by atoms with Crippen LogP contribution in [0.25, 0.3) is 0 Å². The van der Waals surface area contributed by atoms with Crippen LogP contribution in [-0.4, -0.2) is 12.4 Å². The van der Waals surface area contributed by atoms with Crippen molar-refractivity contribution in [2.45, 2.75) is 12.8 Å². The van der Waals surface area contributed by atoms with E-state index in [1.54, 1.807) is 0 Å². The van der Waals surface area contributed by atoms with Gasteiger partial charge in [0.05, 0.1) is 0 Å². The highest BCUT2D eigenvalue weighted by Gasteiger charge is 2.07. The highest BCUT2D eigenvalue weighted by Crippen LogP contribution is 2.15. The molecule has 0 radical (unpaired) electrons. The van der Waals surface area contributed by atoms with Gasteiger partial charge >= 0.3 is 0 Å². The van der Waals surface area contributed by atoms with E-state index in [-0.39, 0.29) is 0 Å². The molecule has 0 bridgehead atoms. The van der Waals surface area contributed by atoms with Crippen molar-refractivity contribution in [3.05, 3.63) is 29.8 Å². The number of rotatable bonds is 1. The number of anilines is 1. The molecule has 0 spiro atoms. The largest absolute Gasteiger partial charge is 0.344 e. The predicted octanol–water partition coefficient (Wildman–Crippen LogP) is 2.57. The van der Waals surface area contributed by atoms with Gasteiger partial charge in [-0.15, -0.1) is 0 Å². The van der Waals surface area contributed by atoms with E-state index in [1.807, 2.05) is 0 Å². The Balaban J connectivity index is 2.13. The molecule has 14 heavy (non-hydrogen) atoms. The highest BCUT2D eigenvalue weighted by molar-refractivity contribution is 5.96. The number of halogens is 2. The van der Waals surface area contributed by atoms with Crippen LogP contribution in [-0.2, 0) is 0 Å². The molecule has 1 aromatic carbocycles. The highest BCUT2D eigenvalue weighted by atomic mass is 19.2. The lowest BCUT2D eigenvalue weighted by atomic mass is 10.3. The first-order valence-corrected chi connectivity index (χ1v) is 4.51. The third kappa shape index (κ3) is 1.89. The van der Waals surface area contributed by atoms with Crippen LogP contribution in [0, 0.1) is 11.6 Å². The molecule has 0 aromatic heterocycles. The molecular formula is C10H10F2N2. The lowest BCUT2D eigenvalue weighted by molar-refractivity contribution is 0.509. The first kappa shape index (κ1) is 9.12. The lowest BCUT2D eigenvalue weighted by Crippen LogP contribution is -2.08. The number of hydrogen-bond donors (Lipinski definition) is 1. The number of benzene rings is 1. The van der Waals surface area contributed by atoms with Gasteiger partial charge in [-0.1, -0.05) is 0 Å². The summed E-state index contributed by atoms with van der Waals surface area (Å²) in [6, 6.07) is 3.74. The number of aliphatic imine (C=N–C) groups is 1. The van der Waals surface area contributed by atoms with Crippen molar-refractivity contribution in [3.63, 3.8) is 0 Å². The number of nitrogens with one attached hydrogen (secondary N) is 1. The van der Waals surface area contributed by atoms with Gasteiger partial charge < -0.3 is 5.32 Å². The quantitative estimate of drug-likeness (QED) is 0.733. The zero-order chi connectivity index (χ0) is 9.97. The normalized spacial score (nSPS) is 15.4. The molecule has 0 saturated carbocycles. The summed E-state index contributed by atoms with van der Waals surface area (Å²) in [6.07, 6.45) is 1.89. The number of amidine groups is 1. The Morgan fingerprint density at radius 3 is 2.71 bits per heavy atom. The van der Waals surface area contributed by atoms with Gasteiger partial charge in [0.2, 0.25) is 0 Å². The van der Waals surface area contributed by atoms with Gasteiger partial charge in [0.1, 0.15) is 5.84 Å². The Morgan fingerprint density at radius 1 is 1.21 bits per heavy atom. The van der Waals surface area contributed by atoms with Gasteiger partial charge in [0.15, 0.2) is 11.6 Å². The van der Waals surface area contributed by atoms with Gasteiger partial charge in [0.25, 0.3) is 0 Å². The average molecular weight is 196 g/mol. The average Bonchev–Trinajstić information content (AvgIpc) is 2.64. The summed E-state index contributed by atoms with van der Waals surface area (Å²) in [5.74, 6) is -0.825. The Hall–Kier alpha value is -1.45. The molecule has 0 fully saturated rings. The third-order valence-electron chi connectivity index (χ3n) is 2.08. The molecule has 2 nitrogen and oxygen atoms in total. The smallest absolute Gasteiger partial charge is 0.160 e. The van der Waals surface area contributed by atoms with Crippen LogP contribution in [0.15, 0.2) is 23.2 Å². The van der Waals surface area contributed by atoms with Gasteiger partial charge in [-0.2, -0.15) is 0 Å². The summed E-state index contributed by atoms with van der Waals surface area (Å²) in [6.45, 7) is 0.812. The Kier molecular flexibility index (Phi) is 2.43. The minimum atomic E-state index is -0.839. The summed E-state index contributed by atoms with van der Waals surface area (Å²) < 4.78 is 25.4. The van der Waals surface area contributed by atoms with E-state index in [1.165, 1.54) is 6.07 Å². The summed E-state index contributed by atoms with van der Waals surface area (Å²) in [4.78, 5) is 4.17. The molecule has 1 N–H and O–H groups in total. The fourth-order valence-corrected chi connectivity index (χ4v) is 1.38. The SMILES string of the molecule is Fc1ccc(NC2=NCCC2)cc1F. The first-order chi connectivity index (χ1) is 6.75. The van der Waals surface area contributed by atoms with Crippen molar-refractivity contribution in [2.24, 2.45) is 4.99 Å². The summed E-state index contributed by atoms with van der Waals surface area (Å²) in [5, 5.41) is 2.95. The van der Waals surface area contributed by atoms with Crippen LogP contribution in [0.4, 0.5) is 14.5 Å². The molecule has 0 unspecified atom stereocenters. The molecule has 0 amide bonds. The van der Waals surface area contributed by atoms with Crippen LogP contribution < -0.4 is 5.32 Å². The van der Waals surface area contributed by atoms with Gasteiger partial charge in [-0.05, 0) is 18.6 Å². The number of hydrogen-bond acceptors (Lipinski definition) is 2. The van der Waals surface area contributed by atoms with Crippen molar-refractivity contribution in [2.75, 3.05) is 11.9 Å². The van der Waals surface area contributed by atoms with Crippen molar-refractivity contribution in [3.8, 4) is 0 Å². The summed E-state index contributed by atoms with van der Waals surface area (Å²) >= 11 is 0. The van der Waals surface area contributed by atoms with Crippen molar-refractivity contribution < 1.29 is 8.78 Å². The molecule has 74 valence electrons. The predicted molar refractivity (Wildman–Crippen MR) is 51.5 cm³/mol. The van der Waals surface area contributed by atoms with Crippen LogP contribution in [0.5, 0.6) is 0 Å². The molecule has 0 saturated heterocycles. The molecule has 0 aliphatic carbocycles. The summed E-state index contributed by atoms with van der Waals surface area (Å²) in [7, 11) is 0. The van der Waals surface area contributed by atoms with Crippen molar-refractivity contribution in [1.29, 1.82) is 0 Å². The zero-order valence-electron chi connectivity index (χ0n) is 7.56. The zero-order valence-corrected chi connectivity index (χ0v) is 7.56. The maximum absolute atomic E-state index is 12.8. The minimum Gasteiger partial charge on any atom is -0.344 e. The first-order valence-electron chi connectivity index (χ1n) is 4.51. The second kappa shape index (κ2) is 3.74. The third-order valence-corrected chi connectivity index (χ3v) is 2.08. The minimum absolute atomic E-state index is 0.546. The monoisotopic (exact) mass is 196 g/mol. The molecule has 2 rings (SSSR count). The lowest BCUT2D eigenvalue weighted by Gasteiger charge is -2.05. The second-order valence-electron chi connectivity index (χ2n) is 3.19. The van der Waals surface area contributed by atoms with E-state index in [4.69, 9.17) is 0 Å².